The van der Waals surface area contributed by atoms with Crippen LogP contribution in [0.1, 0.15) is 31.2 Å². The Morgan fingerprint density at radius 3 is 2.79 bits per heavy atom. The van der Waals surface area contributed by atoms with E-state index in [2.05, 4.69) is 24.0 Å². The normalized spacial score (nSPS) is 20.4. The van der Waals surface area contributed by atoms with Crippen LogP contribution in [0.4, 0.5) is 0 Å². The maximum atomic E-state index is 9.11. The first kappa shape index (κ1) is 14.4. The number of hydrogen-bond acceptors (Lipinski definition) is 3. The smallest absolute Gasteiger partial charge is 0.119 e. The average molecular weight is 263 g/mol. The van der Waals surface area contributed by atoms with Gasteiger partial charge in [-0.2, -0.15) is 0 Å². The number of rotatable bonds is 6. The van der Waals surface area contributed by atoms with Crippen LogP contribution >= 0.6 is 0 Å². The van der Waals surface area contributed by atoms with E-state index in [1.54, 1.807) is 0 Å². The molecule has 1 N–H and O–H groups in total. The average Bonchev–Trinajstić information content (AvgIpc) is 2.43. The number of benzene rings is 1. The molecule has 0 radical (unpaired) electrons. The lowest BCUT2D eigenvalue weighted by Gasteiger charge is -2.35. The second kappa shape index (κ2) is 7.51. The molecule has 1 unspecified atom stereocenters. The summed E-state index contributed by atoms with van der Waals surface area (Å²) >= 11 is 0. The highest BCUT2D eigenvalue weighted by Crippen LogP contribution is 2.19. The van der Waals surface area contributed by atoms with Crippen molar-refractivity contribution in [2.24, 2.45) is 0 Å². The highest BCUT2D eigenvalue weighted by molar-refractivity contribution is 5.26. The molecule has 1 aliphatic rings. The Hall–Kier alpha value is -1.06. The molecular weight excluding hydrogens is 238 g/mol. The van der Waals surface area contributed by atoms with Crippen LogP contribution in [0.5, 0.6) is 5.75 Å². The van der Waals surface area contributed by atoms with Gasteiger partial charge in [0.2, 0.25) is 0 Å². The van der Waals surface area contributed by atoms with Gasteiger partial charge in [-0.1, -0.05) is 24.1 Å². The summed E-state index contributed by atoms with van der Waals surface area (Å²) in [7, 11) is 0. The van der Waals surface area contributed by atoms with Crippen LogP contribution in [0.3, 0.4) is 0 Å². The minimum Gasteiger partial charge on any atom is -0.492 e. The molecule has 1 fully saturated rings. The van der Waals surface area contributed by atoms with E-state index in [4.69, 9.17) is 9.84 Å². The molecule has 1 atom stereocenters. The summed E-state index contributed by atoms with van der Waals surface area (Å²) < 4.78 is 5.79. The van der Waals surface area contributed by atoms with Gasteiger partial charge in [-0.15, -0.1) is 0 Å². The summed E-state index contributed by atoms with van der Waals surface area (Å²) in [5, 5.41) is 9.11. The van der Waals surface area contributed by atoms with Gasteiger partial charge in [0.15, 0.2) is 0 Å². The fourth-order valence-electron chi connectivity index (χ4n) is 2.75. The molecule has 0 bridgehead atoms. The van der Waals surface area contributed by atoms with E-state index < -0.39 is 0 Å². The van der Waals surface area contributed by atoms with Crippen LogP contribution in [0, 0.1) is 6.92 Å². The second-order valence-corrected chi connectivity index (χ2v) is 5.36. The van der Waals surface area contributed by atoms with Crippen molar-refractivity contribution < 1.29 is 9.84 Å². The molecule has 0 spiro atoms. The van der Waals surface area contributed by atoms with Gasteiger partial charge in [0.25, 0.3) is 0 Å². The fraction of sp³-hybridized carbons (Fsp3) is 0.625. The van der Waals surface area contributed by atoms with Crippen LogP contribution < -0.4 is 4.74 Å². The van der Waals surface area contributed by atoms with Crippen LogP contribution in [0.2, 0.25) is 0 Å². The third kappa shape index (κ3) is 4.51. The molecule has 0 saturated carbocycles. The third-order valence-electron chi connectivity index (χ3n) is 3.88. The minimum absolute atomic E-state index is 0.292. The summed E-state index contributed by atoms with van der Waals surface area (Å²) in [5.74, 6) is 0.946. The first-order valence-corrected chi connectivity index (χ1v) is 7.34. The predicted molar refractivity (Wildman–Crippen MR) is 77.6 cm³/mol. The van der Waals surface area contributed by atoms with E-state index in [9.17, 15) is 0 Å². The Labute approximate surface area is 116 Å². The molecule has 0 amide bonds. The molecule has 3 nitrogen and oxygen atoms in total. The summed E-state index contributed by atoms with van der Waals surface area (Å²) in [6, 6.07) is 8.74. The molecule has 3 heteroatoms. The lowest BCUT2D eigenvalue weighted by atomic mass is 10.00. The zero-order valence-corrected chi connectivity index (χ0v) is 11.8. The predicted octanol–water partition coefficient (Wildman–Crippen LogP) is 2.61. The molecule has 1 heterocycles. The lowest BCUT2D eigenvalue weighted by molar-refractivity contribution is 0.102. The van der Waals surface area contributed by atoms with Gasteiger partial charge in [-0.25, -0.2) is 0 Å². The lowest BCUT2D eigenvalue weighted by Crippen LogP contribution is -2.42. The molecule has 1 saturated heterocycles. The Morgan fingerprint density at radius 2 is 2.05 bits per heavy atom. The number of ether oxygens (including phenoxy) is 1. The van der Waals surface area contributed by atoms with Gasteiger partial charge in [-0.05, 0) is 44.9 Å². The summed E-state index contributed by atoms with van der Waals surface area (Å²) in [6.45, 7) is 5.20. The fourth-order valence-corrected chi connectivity index (χ4v) is 2.75. The number of likely N-dealkylation sites (tertiary alicyclic amines) is 1. The van der Waals surface area contributed by atoms with Gasteiger partial charge >= 0.3 is 0 Å². The molecule has 2 rings (SSSR count). The monoisotopic (exact) mass is 263 g/mol. The Bertz CT molecular complexity index is 362. The van der Waals surface area contributed by atoms with Crippen molar-refractivity contribution in [3.05, 3.63) is 29.8 Å². The number of nitrogens with zero attached hydrogens (tertiary/aromatic N) is 1. The quantitative estimate of drug-likeness (QED) is 0.856. The molecule has 0 aliphatic carbocycles. The van der Waals surface area contributed by atoms with E-state index in [1.165, 1.54) is 24.8 Å². The molecular formula is C16H25NO2. The van der Waals surface area contributed by atoms with Gasteiger partial charge < -0.3 is 9.84 Å². The van der Waals surface area contributed by atoms with E-state index in [1.807, 2.05) is 12.1 Å². The first-order chi connectivity index (χ1) is 9.29. The van der Waals surface area contributed by atoms with Crippen molar-refractivity contribution in [1.82, 2.24) is 4.90 Å². The standard InChI is InChI=1S/C16H25NO2/c1-14-5-7-16(8-6-14)19-13-11-17-10-3-2-4-15(17)9-12-18/h5-8,15,18H,2-4,9-13H2,1H3. The van der Waals surface area contributed by atoms with Crippen molar-refractivity contribution in [2.75, 3.05) is 26.3 Å². The number of aryl methyl sites for hydroxylation is 1. The van der Waals surface area contributed by atoms with E-state index >= 15 is 0 Å². The summed E-state index contributed by atoms with van der Waals surface area (Å²) in [4.78, 5) is 2.47. The molecule has 1 aliphatic heterocycles. The van der Waals surface area contributed by atoms with Crippen LogP contribution in [-0.4, -0.2) is 42.4 Å². The number of piperidine rings is 1. The van der Waals surface area contributed by atoms with E-state index in [0.717, 1.165) is 31.9 Å². The Morgan fingerprint density at radius 1 is 1.26 bits per heavy atom. The maximum absolute atomic E-state index is 9.11. The number of aliphatic hydroxyl groups excluding tert-OH is 1. The van der Waals surface area contributed by atoms with Crippen molar-refractivity contribution >= 4 is 0 Å². The van der Waals surface area contributed by atoms with Gasteiger partial charge in [0, 0.05) is 19.2 Å². The van der Waals surface area contributed by atoms with Crippen LogP contribution in [0.25, 0.3) is 0 Å². The molecule has 1 aromatic rings. The van der Waals surface area contributed by atoms with Crippen molar-refractivity contribution in [3.8, 4) is 5.75 Å². The highest BCUT2D eigenvalue weighted by Gasteiger charge is 2.21. The van der Waals surface area contributed by atoms with Crippen molar-refractivity contribution in [3.63, 3.8) is 0 Å². The molecule has 1 aromatic carbocycles. The van der Waals surface area contributed by atoms with E-state index in [-0.39, 0.29) is 0 Å². The number of hydrogen-bond donors (Lipinski definition) is 1. The molecule has 19 heavy (non-hydrogen) atoms. The van der Waals surface area contributed by atoms with Crippen LogP contribution in [-0.2, 0) is 0 Å². The SMILES string of the molecule is Cc1ccc(OCCN2CCCCC2CCO)cc1. The maximum Gasteiger partial charge on any atom is 0.119 e. The molecule has 106 valence electrons. The molecule has 0 aromatic heterocycles. The van der Waals surface area contributed by atoms with Crippen LogP contribution in [0.15, 0.2) is 24.3 Å². The minimum atomic E-state index is 0.292. The number of aliphatic hydroxyl groups is 1. The van der Waals surface area contributed by atoms with Gasteiger partial charge in [0.1, 0.15) is 12.4 Å². The van der Waals surface area contributed by atoms with Gasteiger partial charge in [0.05, 0.1) is 0 Å². The van der Waals surface area contributed by atoms with Crippen molar-refractivity contribution in [2.45, 2.75) is 38.6 Å². The zero-order chi connectivity index (χ0) is 13.5. The largest absolute Gasteiger partial charge is 0.492 e. The van der Waals surface area contributed by atoms with E-state index in [0.29, 0.717) is 12.6 Å². The zero-order valence-electron chi connectivity index (χ0n) is 11.8. The Balaban J connectivity index is 1.75. The first-order valence-electron chi connectivity index (χ1n) is 7.34. The Kier molecular flexibility index (Phi) is 5.67. The topological polar surface area (TPSA) is 32.7 Å². The third-order valence-corrected chi connectivity index (χ3v) is 3.88. The summed E-state index contributed by atoms with van der Waals surface area (Å²) in [5.41, 5.74) is 1.26. The summed E-state index contributed by atoms with van der Waals surface area (Å²) in [6.07, 6.45) is 4.67. The highest BCUT2D eigenvalue weighted by atomic mass is 16.5. The van der Waals surface area contributed by atoms with Crippen molar-refractivity contribution in [1.29, 1.82) is 0 Å². The second-order valence-electron chi connectivity index (χ2n) is 5.36. The van der Waals surface area contributed by atoms with Gasteiger partial charge in [-0.3, -0.25) is 4.90 Å².